The molecule has 0 aliphatic carbocycles. The molecule has 0 spiro atoms. The van der Waals surface area contributed by atoms with E-state index in [0.29, 0.717) is 26.3 Å². The maximum Gasteiger partial charge on any atom is 0.204 e. The molecule has 0 bridgehead atoms. The maximum atomic E-state index is 9.12. The van der Waals surface area contributed by atoms with Crippen molar-refractivity contribution >= 4 is 32.9 Å². The average Bonchev–Trinajstić information content (AvgIpc) is 2.98. The van der Waals surface area contributed by atoms with E-state index in [0.717, 1.165) is 38.5 Å². The van der Waals surface area contributed by atoms with Gasteiger partial charge in [0.05, 0.1) is 24.2 Å². The smallest absolute Gasteiger partial charge is 0.204 e. The molecule has 0 saturated carbocycles. The molecule has 0 saturated heterocycles. The molecule has 6 nitrogen and oxygen atoms in total. The topological polar surface area (TPSA) is 68.5 Å². The standard InChI is InChI=1S/C18H18BrN3O3/c19-13-10-17-16(24-7-8-25-17)9-12(13)11-22-15-4-2-1-3-14(15)21-18(22)20-5-6-23/h1-4,9-10,23H,5-8,11H2,(H,20,21). The maximum absolute atomic E-state index is 9.12. The number of anilines is 1. The summed E-state index contributed by atoms with van der Waals surface area (Å²) in [7, 11) is 0. The minimum atomic E-state index is 0.0525. The molecule has 4 rings (SSSR count). The van der Waals surface area contributed by atoms with Gasteiger partial charge >= 0.3 is 0 Å². The summed E-state index contributed by atoms with van der Waals surface area (Å²) in [6, 6.07) is 11.9. The fourth-order valence-corrected chi connectivity index (χ4v) is 3.38. The molecule has 2 aromatic carbocycles. The fourth-order valence-electron chi connectivity index (χ4n) is 2.94. The number of aliphatic hydroxyl groups excluding tert-OH is 1. The molecule has 0 unspecified atom stereocenters. The van der Waals surface area contributed by atoms with Crippen LogP contribution < -0.4 is 14.8 Å². The summed E-state index contributed by atoms with van der Waals surface area (Å²) in [4.78, 5) is 4.63. The quantitative estimate of drug-likeness (QED) is 0.685. The van der Waals surface area contributed by atoms with Crippen molar-refractivity contribution in [3.8, 4) is 11.5 Å². The lowest BCUT2D eigenvalue weighted by atomic mass is 10.2. The van der Waals surface area contributed by atoms with E-state index in [1.807, 2.05) is 36.4 Å². The zero-order valence-corrected chi connectivity index (χ0v) is 15.1. The van der Waals surface area contributed by atoms with Gasteiger partial charge in [-0.15, -0.1) is 0 Å². The van der Waals surface area contributed by atoms with E-state index in [4.69, 9.17) is 14.6 Å². The van der Waals surface area contributed by atoms with E-state index in [-0.39, 0.29) is 6.61 Å². The van der Waals surface area contributed by atoms with Crippen LogP contribution in [0.4, 0.5) is 5.95 Å². The van der Waals surface area contributed by atoms with E-state index in [1.54, 1.807) is 0 Å². The van der Waals surface area contributed by atoms with Crippen molar-refractivity contribution in [2.24, 2.45) is 0 Å². The Morgan fingerprint density at radius 2 is 1.92 bits per heavy atom. The molecule has 0 radical (unpaired) electrons. The minimum absolute atomic E-state index is 0.0525. The molecule has 1 aliphatic heterocycles. The van der Waals surface area contributed by atoms with Gasteiger partial charge in [-0.2, -0.15) is 0 Å². The summed E-state index contributed by atoms with van der Waals surface area (Å²) in [5, 5.41) is 12.3. The monoisotopic (exact) mass is 403 g/mol. The number of halogens is 1. The number of fused-ring (bicyclic) bond motifs is 2. The first-order valence-electron chi connectivity index (χ1n) is 8.14. The van der Waals surface area contributed by atoms with Gasteiger partial charge in [-0.05, 0) is 29.8 Å². The van der Waals surface area contributed by atoms with Crippen LogP contribution in [0.15, 0.2) is 40.9 Å². The lowest BCUT2D eigenvalue weighted by Crippen LogP contribution is -2.16. The van der Waals surface area contributed by atoms with Crippen LogP contribution >= 0.6 is 15.9 Å². The van der Waals surface area contributed by atoms with Gasteiger partial charge in [0.1, 0.15) is 13.2 Å². The number of imidazole rings is 1. The molecule has 0 atom stereocenters. The highest BCUT2D eigenvalue weighted by Crippen LogP contribution is 2.36. The molecule has 25 heavy (non-hydrogen) atoms. The number of rotatable bonds is 5. The minimum Gasteiger partial charge on any atom is -0.486 e. The second-order valence-corrected chi connectivity index (χ2v) is 6.60. The van der Waals surface area contributed by atoms with E-state index in [9.17, 15) is 0 Å². The molecule has 130 valence electrons. The highest BCUT2D eigenvalue weighted by atomic mass is 79.9. The SMILES string of the molecule is OCCNc1nc2ccccc2n1Cc1cc2c(cc1Br)OCCO2. The predicted octanol–water partition coefficient (Wildman–Crippen LogP) is 3.02. The molecule has 2 N–H and O–H groups in total. The lowest BCUT2D eigenvalue weighted by Gasteiger charge is -2.20. The van der Waals surface area contributed by atoms with Gasteiger partial charge < -0.3 is 24.5 Å². The van der Waals surface area contributed by atoms with E-state index in [2.05, 4.69) is 30.8 Å². The Labute approximate surface area is 153 Å². The average molecular weight is 404 g/mol. The van der Waals surface area contributed by atoms with Crippen molar-refractivity contribution in [3.05, 3.63) is 46.4 Å². The second kappa shape index (κ2) is 6.93. The van der Waals surface area contributed by atoms with Gasteiger partial charge in [0.2, 0.25) is 5.95 Å². The van der Waals surface area contributed by atoms with Crippen molar-refractivity contribution in [2.45, 2.75) is 6.54 Å². The van der Waals surface area contributed by atoms with E-state index < -0.39 is 0 Å². The Kier molecular flexibility index (Phi) is 4.50. The van der Waals surface area contributed by atoms with Gasteiger partial charge in [-0.25, -0.2) is 4.98 Å². The summed E-state index contributed by atoms with van der Waals surface area (Å²) in [6.45, 7) is 2.25. The van der Waals surface area contributed by atoms with Gasteiger partial charge in [0.25, 0.3) is 0 Å². The number of ether oxygens (including phenoxy) is 2. The Morgan fingerprint density at radius 1 is 1.16 bits per heavy atom. The summed E-state index contributed by atoms with van der Waals surface area (Å²) in [6.07, 6.45) is 0. The molecule has 0 amide bonds. The van der Waals surface area contributed by atoms with Gasteiger partial charge in [-0.1, -0.05) is 28.1 Å². The molecule has 1 aromatic heterocycles. The van der Waals surface area contributed by atoms with Gasteiger partial charge in [0.15, 0.2) is 11.5 Å². The number of hydrogen-bond donors (Lipinski definition) is 2. The third-order valence-corrected chi connectivity index (χ3v) is 4.83. The Morgan fingerprint density at radius 3 is 2.72 bits per heavy atom. The molecule has 2 heterocycles. The highest BCUT2D eigenvalue weighted by molar-refractivity contribution is 9.10. The number of benzene rings is 2. The first-order chi connectivity index (χ1) is 12.3. The molecular weight excluding hydrogens is 386 g/mol. The second-order valence-electron chi connectivity index (χ2n) is 5.75. The van der Waals surface area contributed by atoms with Crippen LogP contribution in [0.25, 0.3) is 11.0 Å². The molecule has 7 heteroatoms. The molecular formula is C18H18BrN3O3. The number of nitrogens with zero attached hydrogens (tertiary/aromatic N) is 2. The summed E-state index contributed by atoms with van der Waals surface area (Å²) < 4.78 is 14.4. The molecule has 0 fully saturated rings. The van der Waals surface area contributed by atoms with E-state index >= 15 is 0 Å². The predicted molar refractivity (Wildman–Crippen MR) is 99.5 cm³/mol. The Balaban J connectivity index is 1.75. The van der Waals surface area contributed by atoms with Gasteiger partial charge in [-0.3, -0.25) is 0 Å². The third kappa shape index (κ3) is 3.17. The number of aromatic nitrogens is 2. The largest absolute Gasteiger partial charge is 0.486 e. The van der Waals surface area contributed by atoms with Crippen LogP contribution in [0, 0.1) is 0 Å². The normalized spacial score (nSPS) is 13.2. The number of nitrogens with one attached hydrogen (secondary N) is 1. The van der Waals surface area contributed by atoms with Crippen LogP contribution in [0.3, 0.4) is 0 Å². The van der Waals surface area contributed by atoms with Crippen molar-refractivity contribution in [3.63, 3.8) is 0 Å². The number of para-hydroxylation sites is 2. The third-order valence-electron chi connectivity index (χ3n) is 4.09. The van der Waals surface area contributed by atoms with Crippen LogP contribution in [0.5, 0.6) is 11.5 Å². The molecule has 3 aromatic rings. The first-order valence-corrected chi connectivity index (χ1v) is 8.93. The van der Waals surface area contributed by atoms with E-state index in [1.165, 1.54) is 0 Å². The van der Waals surface area contributed by atoms with Crippen LogP contribution in [0.1, 0.15) is 5.56 Å². The Bertz CT molecular complexity index is 910. The zero-order chi connectivity index (χ0) is 17.2. The Hall–Kier alpha value is -2.25. The fraction of sp³-hybridized carbons (Fsp3) is 0.278. The number of aliphatic hydroxyl groups is 1. The van der Waals surface area contributed by atoms with Crippen LogP contribution in [-0.4, -0.2) is 41.0 Å². The van der Waals surface area contributed by atoms with Crippen LogP contribution in [-0.2, 0) is 6.54 Å². The summed E-state index contributed by atoms with van der Waals surface area (Å²) >= 11 is 3.63. The zero-order valence-electron chi connectivity index (χ0n) is 13.5. The van der Waals surface area contributed by atoms with Crippen molar-refractivity contribution in [1.82, 2.24) is 9.55 Å². The van der Waals surface area contributed by atoms with Crippen LogP contribution in [0.2, 0.25) is 0 Å². The highest BCUT2D eigenvalue weighted by Gasteiger charge is 2.17. The summed E-state index contributed by atoms with van der Waals surface area (Å²) in [5.41, 5.74) is 3.01. The first kappa shape index (κ1) is 16.2. The summed E-state index contributed by atoms with van der Waals surface area (Å²) in [5.74, 6) is 2.26. The lowest BCUT2D eigenvalue weighted by molar-refractivity contribution is 0.171. The number of hydrogen-bond acceptors (Lipinski definition) is 5. The van der Waals surface area contributed by atoms with Crippen molar-refractivity contribution in [2.75, 3.05) is 31.7 Å². The molecule has 1 aliphatic rings. The van der Waals surface area contributed by atoms with Crippen molar-refractivity contribution < 1.29 is 14.6 Å². The van der Waals surface area contributed by atoms with Crippen molar-refractivity contribution in [1.29, 1.82) is 0 Å². The van der Waals surface area contributed by atoms with Gasteiger partial charge in [0, 0.05) is 11.0 Å².